The predicted octanol–water partition coefficient (Wildman–Crippen LogP) is 3.11. The van der Waals surface area contributed by atoms with Gasteiger partial charge in [-0.3, -0.25) is 4.79 Å². The molecule has 3 heteroatoms. The van der Waals surface area contributed by atoms with Crippen LogP contribution in [0, 0.1) is 23.2 Å². The number of rotatable bonds is 3. The standard InChI is InChI=1S/C16H20N2O/c1-12-4-2-3-5-15(12)11-18-16(19)14-8-6-13(10-17)7-9-14/h6-9,12,15H,2-5,11H2,1H3,(H,18,19). The van der Waals surface area contributed by atoms with Gasteiger partial charge in [-0.25, -0.2) is 0 Å². The number of hydrogen-bond donors (Lipinski definition) is 1. The van der Waals surface area contributed by atoms with Gasteiger partial charge in [0.1, 0.15) is 0 Å². The van der Waals surface area contributed by atoms with Crippen LogP contribution in [0.2, 0.25) is 0 Å². The average molecular weight is 256 g/mol. The monoisotopic (exact) mass is 256 g/mol. The molecule has 2 unspecified atom stereocenters. The number of carbonyl (C=O) groups excluding carboxylic acids is 1. The summed E-state index contributed by atoms with van der Waals surface area (Å²) in [6, 6.07) is 8.82. The fraction of sp³-hybridized carbons (Fsp3) is 0.500. The Labute approximate surface area is 114 Å². The first-order valence-corrected chi connectivity index (χ1v) is 6.99. The second kappa shape index (κ2) is 6.38. The molecule has 0 bridgehead atoms. The van der Waals surface area contributed by atoms with Crippen LogP contribution in [-0.2, 0) is 0 Å². The lowest BCUT2D eigenvalue weighted by molar-refractivity contribution is 0.0936. The number of nitrogens with one attached hydrogen (secondary N) is 1. The topological polar surface area (TPSA) is 52.9 Å². The lowest BCUT2D eigenvalue weighted by atomic mass is 9.80. The van der Waals surface area contributed by atoms with Crippen molar-refractivity contribution < 1.29 is 4.79 Å². The molecule has 1 aliphatic rings. The summed E-state index contributed by atoms with van der Waals surface area (Å²) in [6.45, 7) is 3.04. The van der Waals surface area contributed by atoms with Gasteiger partial charge in [-0.05, 0) is 42.5 Å². The summed E-state index contributed by atoms with van der Waals surface area (Å²) >= 11 is 0. The van der Waals surface area contributed by atoms with Crippen molar-refractivity contribution in [2.45, 2.75) is 32.6 Å². The first kappa shape index (κ1) is 13.6. The molecule has 2 atom stereocenters. The third kappa shape index (κ3) is 3.57. The van der Waals surface area contributed by atoms with Crippen molar-refractivity contribution in [3.05, 3.63) is 35.4 Å². The number of nitriles is 1. The van der Waals surface area contributed by atoms with E-state index in [4.69, 9.17) is 5.26 Å². The minimum absolute atomic E-state index is 0.0396. The van der Waals surface area contributed by atoms with Crippen LogP contribution in [0.4, 0.5) is 0 Å². The van der Waals surface area contributed by atoms with Crippen LogP contribution in [0.3, 0.4) is 0 Å². The zero-order valence-corrected chi connectivity index (χ0v) is 11.4. The van der Waals surface area contributed by atoms with Crippen molar-refractivity contribution in [1.82, 2.24) is 5.32 Å². The Bertz CT molecular complexity index is 473. The summed E-state index contributed by atoms with van der Waals surface area (Å²) < 4.78 is 0. The van der Waals surface area contributed by atoms with Crippen molar-refractivity contribution in [2.75, 3.05) is 6.54 Å². The first-order chi connectivity index (χ1) is 9.20. The Morgan fingerprint density at radius 2 is 2.00 bits per heavy atom. The van der Waals surface area contributed by atoms with Gasteiger partial charge in [-0.15, -0.1) is 0 Å². The number of amides is 1. The van der Waals surface area contributed by atoms with Gasteiger partial charge in [0.2, 0.25) is 0 Å². The number of benzene rings is 1. The predicted molar refractivity (Wildman–Crippen MR) is 74.6 cm³/mol. The molecule has 19 heavy (non-hydrogen) atoms. The van der Waals surface area contributed by atoms with Gasteiger partial charge >= 0.3 is 0 Å². The van der Waals surface area contributed by atoms with Crippen LogP contribution in [-0.4, -0.2) is 12.5 Å². The Morgan fingerprint density at radius 1 is 1.32 bits per heavy atom. The van der Waals surface area contributed by atoms with Gasteiger partial charge in [0.15, 0.2) is 0 Å². The van der Waals surface area contributed by atoms with Gasteiger partial charge in [-0.2, -0.15) is 5.26 Å². The molecule has 0 heterocycles. The SMILES string of the molecule is CC1CCCCC1CNC(=O)c1ccc(C#N)cc1. The molecular weight excluding hydrogens is 236 g/mol. The molecule has 1 amide bonds. The molecule has 1 aliphatic carbocycles. The minimum atomic E-state index is -0.0396. The second-order valence-electron chi connectivity index (χ2n) is 5.42. The van der Waals surface area contributed by atoms with E-state index in [2.05, 4.69) is 18.3 Å². The molecule has 2 rings (SSSR count). The molecule has 0 spiro atoms. The molecule has 0 saturated heterocycles. The quantitative estimate of drug-likeness (QED) is 0.903. The highest BCUT2D eigenvalue weighted by atomic mass is 16.1. The van der Waals surface area contributed by atoms with Gasteiger partial charge < -0.3 is 5.32 Å². The molecule has 1 saturated carbocycles. The highest BCUT2D eigenvalue weighted by Gasteiger charge is 2.21. The maximum atomic E-state index is 12.0. The molecule has 0 aromatic heterocycles. The van der Waals surface area contributed by atoms with Crippen molar-refractivity contribution in [2.24, 2.45) is 11.8 Å². The van der Waals surface area contributed by atoms with Gasteiger partial charge in [0, 0.05) is 12.1 Å². The van der Waals surface area contributed by atoms with E-state index in [1.165, 1.54) is 25.7 Å². The van der Waals surface area contributed by atoms with Crippen molar-refractivity contribution in [3.8, 4) is 6.07 Å². The molecular formula is C16H20N2O. The van der Waals surface area contributed by atoms with Crippen LogP contribution in [0.15, 0.2) is 24.3 Å². The third-order valence-electron chi connectivity index (χ3n) is 4.09. The lowest BCUT2D eigenvalue weighted by Crippen LogP contribution is -2.33. The summed E-state index contributed by atoms with van der Waals surface area (Å²) in [7, 11) is 0. The summed E-state index contributed by atoms with van der Waals surface area (Å²) in [4.78, 5) is 12.0. The van der Waals surface area contributed by atoms with E-state index in [0.29, 0.717) is 23.0 Å². The van der Waals surface area contributed by atoms with E-state index in [1.54, 1.807) is 24.3 Å². The van der Waals surface area contributed by atoms with Crippen molar-refractivity contribution in [3.63, 3.8) is 0 Å². The number of carbonyl (C=O) groups is 1. The average Bonchev–Trinajstić information content (AvgIpc) is 2.46. The molecule has 1 aromatic carbocycles. The highest BCUT2D eigenvalue weighted by molar-refractivity contribution is 5.94. The van der Waals surface area contributed by atoms with E-state index in [9.17, 15) is 4.79 Å². The summed E-state index contributed by atoms with van der Waals surface area (Å²) in [5.74, 6) is 1.27. The van der Waals surface area contributed by atoms with Crippen LogP contribution < -0.4 is 5.32 Å². The minimum Gasteiger partial charge on any atom is -0.352 e. The zero-order valence-electron chi connectivity index (χ0n) is 11.4. The second-order valence-corrected chi connectivity index (χ2v) is 5.42. The number of hydrogen-bond acceptors (Lipinski definition) is 2. The van der Waals surface area contributed by atoms with E-state index >= 15 is 0 Å². The summed E-state index contributed by atoms with van der Waals surface area (Å²) in [5, 5.41) is 11.7. The van der Waals surface area contributed by atoms with E-state index < -0.39 is 0 Å². The van der Waals surface area contributed by atoms with Gasteiger partial charge in [0.05, 0.1) is 11.6 Å². The molecule has 100 valence electrons. The molecule has 3 nitrogen and oxygen atoms in total. The Hall–Kier alpha value is -1.82. The summed E-state index contributed by atoms with van der Waals surface area (Å²) in [6.07, 6.45) is 5.09. The first-order valence-electron chi connectivity index (χ1n) is 6.99. The Balaban J connectivity index is 1.88. The van der Waals surface area contributed by atoms with E-state index in [-0.39, 0.29) is 5.91 Å². The zero-order chi connectivity index (χ0) is 13.7. The van der Waals surface area contributed by atoms with Crippen LogP contribution in [0.5, 0.6) is 0 Å². The molecule has 0 aliphatic heterocycles. The van der Waals surface area contributed by atoms with Crippen molar-refractivity contribution in [1.29, 1.82) is 5.26 Å². The normalized spacial score (nSPS) is 22.5. The van der Waals surface area contributed by atoms with Crippen LogP contribution >= 0.6 is 0 Å². The Kier molecular flexibility index (Phi) is 4.57. The fourth-order valence-corrected chi connectivity index (χ4v) is 2.72. The van der Waals surface area contributed by atoms with Gasteiger partial charge in [-0.1, -0.05) is 26.2 Å². The highest BCUT2D eigenvalue weighted by Crippen LogP contribution is 2.28. The summed E-state index contributed by atoms with van der Waals surface area (Å²) in [5.41, 5.74) is 1.21. The molecule has 1 N–H and O–H groups in total. The third-order valence-corrected chi connectivity index (χ3v) is 4.09. The molecule has 0 radical (unpaired) electrons. The maximum absolute atomic E-state index is 12.0. The Morgan fingerprint density at radius 3 is 2.63 bits per heavy atom. The van der Waals surface area contributed by atoms with Gasteiger partial charge in [0.25, 0.3) is 5.91 Å². The van der Waals surface area contributed by atoms with Crippen LogP contribution in [0.25, 0.3) is 0 Å². The lowest BCUT2D eigenvalue weighted by Gasteiger charge is -2.28. The largest absolute Gasteiger partial charge is 0.352 e. The van der Waals surface area contributed by atoms with E-state index in [1.807, 2.05) is 0 Å². The fourth-order valence-electron chi connectivity index (χ4n) is 2.72. The van der Waals surface area contributed by atoms with Crippen LogP contribution in [0.1, 0.15) is 48.5 Å². The molecule has 1 aromatic rings. The number of nitrogens with zero attached hydrogens (tertiary/aromatic N) is 1. The molecule has 1 fully saturated rings. The smallest absolute Gasteiger partial charge is 0.251 e. The maximum Gasteiger partial charge on any atom is 0.251 e. The van der Waals surface area contributed by atoms with Crippen molar-refractivity contribution >= 4 is 5.91 Å². The van der Waals surface area contributed by atoms with E-state index in [0.717, 1.165) is 6.54 Å².